The van der Waals surface area contributed by atoms with Crippen LogP contribution < -0.4 is 4.72 Å². The van der Waals surface area contributed by atoms with E-state index in [2.05, 4.69) is 9.71 Å². The maximum absolute atomic E-state index is 13.4. The van der Waals surface area contributed by atoms with E-state index < -0.39 is 28.2 Å². The van der Waals surface area contributed by atoms with E-state index in [9.17, 15) is 17.2 Å². The molecule has 0 aliphatic heterocycles. The molecular formula is C12H8Cl2F2N2O2S. The van der Waals surface area contributed by atoms with Crippen LogP contribution in [0, 0.1) is 11.6 Å². The second-order valence-corrected chi connectivity index (χ2v) is 6.54. The lowest BCUT2D eigenvalue weighted by molar-refractivity contribution is 0.566. The summed E-state index contributed by atoms with van der Waals surface area (Å²) in [5.74, 6) is -1.38. The van der Waals surface area contributed by atoms with Crippen molar-refractivity contribution in [3.63, 3.8) is 0 Å². The molecule has 0 fully saturated rings. The molecule has 0 spiro atoms. The topological polar surface area (TPSA) is 59.1 Å². The quantitative estimate of drug-likeness (QED) is 0.860. The molecule has 0 amide bonds. The zero-order valence-electron chi connectivity index (χ0n) is 10.3. The summed E-state index contributed by atoms with van der Waals surface area (Å²) in [6.07, 6.45) is 1.01. The Balaban J connectivity index is 2.21. The van der Waals surface area contributed by atoms with Gasteiger partial charge in [0.25, 0.3) is 0 Å². The largest absolute Gasteiger partial charge is 0.242 e. The molecule has 1 N–H and O–H groups in total. The zero-order chi connectivity index (χ0) is 15.6. The van der Waals surface area contributed by atoms with Crippen LogP contribution in [0.2, 0.25) is 10.2 Å². The molecule has 1 heterocycles. The molecule has 4 nitrogen and oxygen atoms in total. The Kier molecular flexibility index (Phi) is 4.77. The summed E-state index contributed by atoms with van der Waals surface area (Å²) in [7, 11) is -3.97. The normalized spacial score (nSPS) is 11.6. The molecule has 0 unspecified atom stereocenters. The second kappa shape index (κ2) is 6.23. The third kappa shape index (κ3) is 3.88. The van der Waals surface area contributed by atoms with Gasteiger partial charge in [0.05, 0.1) is 5.02 Å². The van der Waals surface area contributed by atoms with Gasteiger partial charge in [0, 0.05) is 18.3 Å². The van der Waals surface area contributed by atoms with Crippen molar-refractivity contribution in [2.24, 2.45) is 0 Å². The number of hydrogen-bond donors (Lipinski definition) is 1. The molecule has 2 rings (SSSR count). The van der Waals surface area contributed by atoms with E-state index in [4.69, 9.17) is 23.2 Å². The molecule has 0 atom stereocenters. The van der Waals surface area contributed by atoms with Crippen LogP contribution in [0.15, 0.2) is 35.4 Å². The fourth-order valence-corrected chi connectivity index (χ4v) is 2.80. The molecule has 2 aromatic rings. The van der Waals surface area contributed by atoms with Gasteiger partial charge in [-0.3, -0.25) is 0 Å². The molecule has 9 heteroatoms. The van der Waals surface area contributed by atoms with Crippen LogP contribution in [0.25, 0.3) is 0 Å². The van der Waals surface area contributed by atoms with Gasteiger partial charge in [-0.15, -0.1) is 0 Å². The Morgan fingerprint density at radius 3 is 2.57 bits per heavy atom. The number of pyridine rings is 1. The number of nitrogens with one attached hydrogen (secondary N) is 1. The van der Waals surface area contributed by atoms with Crippen LogP contribution in [0.5, 0.6) is 0 Å². The first kappa shape index (κ1) is 16.1. The maximum Gasteiger partial charge on any atom is 0.242 e. The molecule has 1 aromatic carbocycles. The second-order valence-electron chi connectivity index (χ2n) is 4.00. The van der Waals surface area contributed by atoms with Gasteiger partial charge < -0.3 is 0 Å². The zero-order valence-corrected chi connectivity index (χ0v) is 12.6. The minimum Gasteiger partial charge on any atom is -0.242 e. The van der Waals surface area contributed by atoms with Crippen LogP contribution in [0.4, 0.5) is 8.78 Å². The monoisotopic (exact) mass is 352 g/mol. The summed E-state index contributed by atoms with van der Waals surface area (Å²) in [6, 6.07) is 3.88. The summed E-state index contributed by atoms with van der Waals surface area (Å²) < 4.78 is 52.5. The SMILES string of the molecule is O=S(=O)(NCc1cc(F)ccc1F)c1cnc(Cl)c(Cl)c1. The van der Waals surface area contributed by atoms with Crippen LogP contribution >= 0.6 is 23.2 Å². The van der Waals surface area contributed by atoms with Crippen molar-refractivity contribution in [1.29, 1.82) is 0 Å². The van der Waals surface area contributed by atoms with Gasteiger partial charge in [0.15, 0.2) is 0 Å². The Labute approximate surface area is 129 Å². The van der Waals surface area contributed by atoms with Crippen LogP contribution in [-0.4, -0.2) is 13.4 Å². The molecule has 0 saturated heterocycles. The highest BCUT2D eigenvalue weighted by atomic mass is 35.5. The Morgan fingerprint density at radius 2 is 1.90 bits per heavy atom. The average Bonchev–Trinajstić information content (AvgIpc) is 2.43. The standard InChI is InChI=1S/C12H8Cl2F2N2O2S/c13-10-4-9(6-17-12(10)14)21(19,20)18-5-7-3-8(15)1-2-11(7)16/h1-4,6,18H,5H2. The van der Waals surface area contributed by atoms with Gasteiger partial charge >= 0.3 is 0 Å². The first-order valence-electron chi connectivity index (χ1n) is 5.54. The van der Waals surface area contributed by atoms with Gasteiger partial charge in [-0.25, -0.2) is 26.9 Å². The first-order chi connectivity index (χ1) is 9.79. The average molecular weight is 353 g/mol. The van der Waals surface area contributed by atoms with Crippen molar-refractivity contribution in [1.82, 2.24) is 9.71 Å². The predicted octanol–water partition coefficient (Wildman–Crippen LogP) is 3.15. The van der Waals surface area contributed by atoms with Crippen molar-refractivity contribution in [2.45, 2.75) is 11.4 Å². The highest BCUT2D eigenvalue weighted by molar-refractivity contribution is 7.89. The number of rotatable bonds is 4. The van der Waals surface area contributed by atoms with Crippen LogP contribution in [0.3, 0.4) is 0 Å². The number of benzene rings is 1. The smallest absolute Gasteiger partial charge is 0.242 e. The summed E-state index contributed by atoms with van der Waals surface area (Å²) in [5.41, 5.74) is -0.119. The highest BCUT2D eigenvalue weighted by Crippen LogP contribution is 2.22. The number of sulfonamides is 1. The lowest BCUT2D eigenvalue weighted by Crippen LogP contribution is -2.24. The summed E-state index contributed by atoms with van der Waals surface area (Å²) >= 11 is 11.3. The number of aromatic nitrogens is 1. The molecule has 0 aliphatic rings. The summed E-state index contributed by atoms with van der Waals surface area (Å²) in [4.78, 5) is 3.38. The minimum atomic E-state index is -3.97. The van der Waals surface area contributed by atoms with Crippen molar-refractivity contribution in [2.75, 3.05) is 0 Å². The van der Waals surface area contributed by atoms with Gasteiger partial charge in [0.1, 0.15) is 21.7 Å². The van der Waals surface area contributed by atoms with E-state index >= 15 is 0 Å². The third-order valence-electron chi connectivity index (χ3n) is 2.54. The van der Waals surface area contributed by atoms with Gasteiger partial charge in [0.2, 0.25) is 10.0 Å². The van der Waals surface area contributed by atoms with E-state index in [0.29, 0.717) is 0 Å². The summed E-state index contributed by atoms with van der Waals surface area (Å²) in [6.45, 7) is -0.411. The van der Waals surface area contributed by atoms with Crippen molar-refractivity contribution >= 4 is 33.2 Å². The third-order valence-corrected chi connectivity index (χ3v) is 4.60. The predicted molar refractivity (Wildman–Crippen MR) is 74.6 cm³/mol. The van der Waals surface area contributed by atoms with Gasteiger partial charge in [-0.2, -0.15) is 0 Å². The highest BCUT2D eigenvalue weighted by Gasteiger charge is 2.17. The van der Waals surface area contributed by atoms with Crippen molar-refractivity contribution in [3.8, 4) is 0 Å². The van der Waals surface area contributed by atoms with E-state index in [1.807, 2.05) is 0 Å². The van der Waals surface area contributed by atoms with Gasteiger partial charge in [-0.05, 0) is 24.3 Å². The fraction of sp³-hybridized carbons (Fsp3) is 0.0833. The van der Waals surface area contributed by atoms with E-state index in [1.54, 1.807) is 0 Å². The number of nitrogens with zero attached hydrogens (tertiary/aromatic N) is 1. The molecule has 112 valence electrons. The minimum absolute atomic E-state index is 0.0310. The lowest BCUT2D eigenvalue weighted by atomic mass is 10.2. The Hall–Kier alpha value is -1.28. The molecular weight excluding hydrogens is 345 g/mol. The van der Waals surface area contributed by atoms with E-state index in [1.165, 1.54) is 0 Å². The molecule has 0 aliphatic carbocycles. The van der Waals surface area contributed by atoms with Crippen molar-refractivity contribution < 1.29 is 17.2 Å². The maximum atomic E-state index is 13.4. The van der Waals surface area contributed by atoms with Gasteiger partial charge in [-0.1, -0.05) is 23.2 Å². The molecule has 1 aromatic heterocycles. The van der Waals surface area contributed by atoms with Crippen LogP contribution in [-0.2, 0) is 16.6 Å². The van der Waals surface area contributed by atoms with E-state index in [-0.39, 0.29) is 20.6 Å². The van der Waals surface area contributed by atoms with Crippen LogP contribution in [0.1, 0.15) is 5.56 Å². The first-order valence-corrected chi connectivity index (χ1v) is 7.78. The number of halogens is 4. The lowest BCUT2D eigenvalue weighted by Gasteiger charge is -2.08. The summed E-state index contributed by atoms with van der Waals surface area (Å²) in [5, 5.41) is -0.0664. The van der Waals surface area contributed by atoms with Crippen molar-refractivity contribution in [3.05, 3.63) is 57.8 Å². The fourth-order valence-electron chi connectivity index (χ4n) is 1.49. The van der Waals surface area contributed by atoms with E-state index in [0.717, 1.165) is 30.5 Å². The molecule has 0 radical (unpaired) electrons. The Morgan fingerprint density at radius 1 is 1.19 bits per heavy atom. The number of hydrogen-bond acceptors (Lipinski definition) is 3. The molecule has 0 saturated carbocycles. The molecule has 21 heavy (non-hydrogen) atoms. The molecule has 0 bridgehead atoms. The Bertz CT molecular complexity index is 785.